The highest BCUT2D eigenvalue weighted by Gasteiger charge is 2.51. The zero-order valence-electron chi connectivity index (χ0n) is 15.1. The Hall–Kier alpha value is -1.55. The molecule has 136 valence electrons. The number of benzene rings is 1. The Bertz CT molecular complexity index is 583. The molecule has 1 aromatic rings. The van der Waals surface area contributed by atoms with E-state index < -0.39 is 0 Å². The number of nitrogens with one attached hydrogen (secondary N) is 1. The molecule has 0 spiro atoms. The van der Waals surface area contributed by atoms with E-state index in [1.54, 1.807) is 0 Å². The van der Waals surface area contributed by atoms with Crippen LogP contribution in [0.1, 0.15) is 38.5 Å². The van der Waals surface area contributed by atoms with Crippen LogP contribution in [-0.4, -0.2) is 43.6 Å². The summed E-state index contributed by atoms with van der Waals surface area (Å²) in [6.07, 6.45) is 6.94. The van der Waals surface area contributed by atoms with Gasteiger partial charge in [-0.1, -0.05) is 31.0 Å². The first-order valence-electron chi connectivity index (χ1n) is 9.96. The largest absolute Gasteiger partial charge is 0.493 e. The molecule has 2 heterocycles. The van der Waals surface area contributed by atoms with Gasteiger partial charge in [0.25, 0.3) is 0 Å². The number of amides is 1. The molecule has 2 aliphatic heterocycles. The van der Waals surface area contributed by atoms with E-state index in [0.717, 1.165) is 57.8 Å². The lowest BCUT2D eigenvalue weighted by Crippen LogP contribution is -2.52. The van der Waals surface area contributed by atoms with E-state index in [1.165, 1.54) is 19.3 Å². The van der Waals surface area contributed by atoms with Crippen molar-refractivity contribution in [2.45, 2.75) is 38.5 Å². The standard InChI is InChI=1S/C21H30N2O2/c24-20(21-11-5-4-6-18(21)14-22-16-21)23-12-9-17(10-13-23)15-25-19-7-2-1-3-8-19/h1-3,7-8,17-18,22H,4-6,9-16H2/t18-,21+/m0/s1. The van der Waals surface area contributed by atoms with Crippen LogP contribution >= 0.6 is 0 Å². The molecule has 25 heavy (non-hydrogen) atoms. The smallest absolute Gasteiger partial charge is 0.230 e. The van der Waals surface area contributed by atoms with Gasteiger partial charge in [-0.3, -0.25) is 4.79 Å². The Labute approximate surface area is 150 Å². The van der Waals surface area contributed by atoms with E-state index in [9.17, 15) is 4.79 Å². The fourth-order valence-electron chi connectivity index (χ4n) is 5.02. The topological polar surface area (TPSA) is 41.6 Å². The monoisotopic (exact) mass is 342 g/mol. The van der Waals surface area contributed by atoms with Crippen molar-refractivity contribution in [1.82, 2.24) is 10.2 Å². The lowest BCUT2D eigenvalue weighted by Gasteiger charge is -2.43. The van der Waals surface area contributed by atoms with E-state index in [4.69, 9.17) is 4.74 Å². The lowest BCUT2D eigenvalue weighted by molar-refractivity contribution is -0.147. The molecule has 4 rings (SSSR count). The minimum atomic E-state index is -0.0916. The summed E-state index contributed by atoms with van der Waals surface area (Å²) in [4.78, 5) is 15.5. The van der Waals surface area contributed by atoms with Gasteiger partial charge in [-0.15, -0.1) is 0 Å². The zero-order valence-corrected chi connectivity index (χ0v) is 15.1. The van der Waals surface area contributed by atoms with E-state index in [1.807, 2.05) is 30.3 Å². The van der Waals surface area contributed by atoms with Crippen LogP contribution in [0.15, 0.2) is 30.3 Å². The van der Waals surface area contributed by atoms with Gasteiger partial charge in [0, 0.05) is 19.6 Å². The van der Waals surface area contributed by atoms with Crippen molar-refractivity contribution in [1.29, 1.82) is 0 Å². The molecule has 3 aliphatic rings. The van der Waals surface area contributed by atoms with Crippen LogP contribution in [0.2, 0.25) is 0 Å². The molecule has 4 nitrogen and oxygen atoms in total. The molecule has 2 atom stereocenters. The average Bonchev–Trinajstić information content (AvgIpc) is 3.12. The number of hydrogen-bond donors (Lipinski definition) is 1. The summed E-state index contributed by atoms with van der Waals surface area (Å²) in [5.74, 6) is 2.50. The maximum Gasteiger partial charge on any atom is 0.230 e. The molecule has 1 N–H and O–H groups in total. The van der Waals surface area contributed by atoms with Gasteiger partial charge in [0.05, 0.1) is 12.0 Å². The highest BCUT2D eigenvalue weighted by atomic mass is 16.5. The number of likely N-dealkylation sites (tertiary alicyclic amines) is 1. The molecule has 2 saturated heterocycles. The van der Waals surface area contributed by atoms with Gasteiger partial charge in [-0.05, 0) is 56.2 Å². The SMILES string of the molecule is O=C(N1CCC(COc2ccccc2)CC1)[C@@]12CCCC[C@H]1CNC2. The Morgan fingerprint density at radius 3 is 2.76 bits per heavy atom. The molecule has 0 bridgehead atoms. The maximum atomic E-state index is 13.3. The summed E-state index contributed by atoms with van der Waals surface area (Å²) in [5.41, 5.74) is -0.0916. The normalized spacial score (nSPS) is 30.1. The minimum Gasteiger partial charge on any atom is -0.493 e. The molecule has 1 aliphatic carbocycles. The van der Waals surface area contributed by atoms with Gasteiger partial charge in [0.1, 0.15) is 5.75 Å². The highest BCUT2D eigenvalue weighted by molar-refractivity contribution is 5.84. The first kappa shape index (κ1) is 16.9. The number of piperidine rings is 1. The highest BCUT2D eigenvalue weighted by Crippen LogP contribution is 2.45. The molecule has 4 heteroatoms. The summed E-state index contributed by atoms with van der Waals surface area (Å²) in [6.45, 7) is 4.49. The Morgan fingerprint density at radius 2 is 1.96 bits per heavy atom. The van der Waals surface area contributed by atoms with Crippen molar-refractivity contribution < 1.29 is 9.53 Å². The van der Waals surface area contributed by atoms with Crippen molar-refractivity contribution in [2.75, 3.05) is 32.8 Å². The Balaban J connectivity index is 1.30. The van der Waals surface area contributed by atoms with Crippen molar-refractivity contribution >= 4 is 5.91 Å². The van der Waals surface area contributed by atoms with Crippen molar-refractivity contribution in [2.24, 2.45) is 17.3 Å². The number of ether oxygens (including phenoxy) is 1. The van der Waals surface area contributed by atoms with Crippen LogP contribution in [-0.2, 0) is 4.79 Å². The van der Waals surface area contributed by atoms with Crippen LogP contribution in [0, 0.1) is 17.3 Å². The van der Waals surface area contributed by atoms with Crippen LogP contribution in [0.4, 0.5) is 0 Å². The quantitative estimate of drug-likeness (QED) is 0.914. The first-order valence-corrected chi connectivity index (χ1v) is 9.96. The van der Waals surface area contributed by atoms with Crippen LogP contribution < -0.4 is 10.1 Å². The summed E-state index contributed by atoms with van der Waals surface area (Å²) in [5, 5.41) is 3.50. The number of carbonyl (C=O) groups is 1. The third-order valence-electron chi connectivity index (χ3n) is 6.59. The van der Waals surface area contributed by atoms with E-state index in [2.05, 4.69) is 10.2 Å². The van der Waals surface area contributed by atoms with Crippen LogP contribution in [0.25, 0.3) is 0 Å². The number of para-hydroxylation sites is 1. The van der Waals surface area contributed by atoms with Crippen molar-refractivity contribution in [3.63, 3.8) is 0 Å². The summed E-state index contributed by atoms with van der Waals surface area (Å²) in [6, 6.07) is 10.0. The number of fused-ring (bicyclic) bond motifs is 1. The van der Waals surface area contributed by atoms with E-state index in [0.29, 0.717) is 17.7 Å². The van der Waals surface area contributed by atoms with E-state index in [-0.39, 0.29) is 5.41 Å². The second kappa shape index (κ2) is 7.36. The summed E-state index contributed by atoms with van der Waals surface area (Å²) in [7, 11) is 0. The summed E-state index contributed by atoms with van der Waals surface area (Å²) >= 11 is 0. The fraction of sp³-hybridized carbons (Fsp3) is 0.667. The maximum absolute atomic E-state index is 13.3. The summed E-state index contributed by atoms with van der Waals surface area (Å²) < 4.78 is 5.91. The predicted octanol–water partition coefficient (Wildman–Crippen LogP) is 3.08. The number of rotatable bonds is 4. The third kappa shape index (κ3) is 3.41. The molecule has 0 radical (unpaired) electrons. The lowest BCUT2D eigenvalue weighted by atomic mass is 9.67. The zero-order chi connectivity index (χ0) is 17.1. The van der Waals surface area contributed by atoms with Crippen LogP contribution in [0.5, 0.6) is 5.75 Å². The van der Waals surface area contributed by atoms with Gasteiger partial charge in [0.2, 0.25) is 5.91 Å². The third-order valence-corrected chi connectivity index (χ3v) is 6.59. The van der Waals surface area contributed by atoms with Gasteiger partial charge in [-0.2, -0.15) is 0 Å². The number of carbonyl (C=O) groups excluding carboxylic acids is 1. The van der Waals surface area contributed by atoms with Crippen molar-refractivity contribution in [3.05, 3.63) is 30.3 Å². The molecule has 1 amide bonds. The number of hydrogen-bond acceptors (Lipinski definition) is 3. The van der Waals surface area contributed by atoms with Gasteiger partial charge >= 0.3 is 0 Å². The first-order chi connectivity index (χ1) is 12.3. The van der Waals surface area contributed by atoms with Gasteiger partial charge in [-0.25, -0.2) is 0 Å². The Morgan fingerprint density at radius 1 is 1.16 bits per heavy atom. The molecule has 0 aromatic heterocycles. The number of nitrogens with zero attached hydrogens (tertiary/aromatic N) is 1. The Kier molecular flexibility index (Phi) is 4.98. The fourth-order valence-corrected chi connectivity index (χ4v) is 5.02. The molecule has 0 unspecified atom stereocenters. The minimum absolute atomic E-state index is 0.0916. The van der Waals surface area contributed by atoms with Gasteiger partial charge in [0.15, 0.2) is 0 Å². The average molecular weight is 342 g/mol. The van der Waals surface area contributed by atoms with Crippen molar-refractivity contribution in [3.8, 4) is 5.75 Å². The van der Waals surface area contributed by atoms with E-state index >= 15 is 0 Å². The molecule has 1 aromatic carbocycles. The second-order valence-electron chi connectivity index (χ2n) is 8.09. The second-order valence-corrected chi connectivity index (χ2v) is 8.09. The van der Waals surface area contributed by atoms with Gasteiger partial charge < -0.3 is 15.0 Å². The molecular weight excluding hydrogens is 312 g/mol. The van der Waals surface area contributed by atoms with Crippen LogP contribution in [0.3, 0.4) is 0 Å². The molecular formula is C21H30N2O2. The molecule has 3 fully saturated rings. The predicted molar refractivity (Wildman–Crippen MR) is 98.5 cm³/mol. The molecule has 1 saturated carbocycles.